The number of carbonyl (C=O) groups excluding carboxylic acids is 1. The fourth-order valence-electron chi connectivity index (χ4n) is 1.26. The highest BCUT2D eigenvalue weighted by atomic mass is 16.1. The average molecular weight is 236 g/mol. The zero-order chi connectivity index (χ0) is 12.7. The third-order valence-corrected chi connectivity index (χ3v) is 2.15. The lowest BCUT2D eigenvalue weighted by atomic mass is 10.3. The van der Waals surface area contributed by atoms with Crippen molar-refractivity contribution in [2.75, 3.05) is 11.9 Å². The Morgan fingerprint density at radius 3 is 2.53 bits per heavy atom. The minimum absolute atomic E-state index is 0.116. The number of hydrogen-bond acceptors (Lipinski definition) is 4. The molecule has 0 fully saturated rings. The Morgan fingerprint density at radius 1 is 1.35 bits per heavy atom. The molecule has 0 saturated carbocycles. The SMILES string of the molecule is CCCCNC(=O)c1cnc(NC(C)C)nc1. The molecular weight excluding hydrogens is 216 g/mol. The molecule has 0 aliphatic heterocycles. The Labute approximate surface area is 102 Å². The second-order valence-corrected chi connectivity index (χ2v) is 4.20. The van der Waals surface area contributed by atoms with Gasteiger partial charge >= 0.3 is 0 Å². The van der Waals surface area contributed by atoms with Gasteiger partial charge in [0, 0.05) is 25.0 Å². The number of rotatable bonds is 6. The van der Waals surface area contributed by atoms with Crippen LogP contribution in [0.4, 0.5) is 5.95 Å². The quantitative estimate of drug-likeness (QED) is 0.739. The Morgan fingerprint density at radius 2 is 2.00 bits per heavy atom. The number of nitrogens with zero attached hydrogens (tertiary/aromatic N) is 2. The normalized spacial score (nSPS) is 10.4. The van der Waals surface area contributed by atoms with E-state index in [-0.39, 0.29) is 11.9 Å². The van der Waals surface area contributed by atoms with E-state index in [4.69, 9.17) is 0 Å². The highest BCUT2D eigenvalue weighted by Gasteiger charge is 2.06. The Bertz CT molecular complexity index is 348. The summed E-state index contributed by atoms with van der Waals surface area (Å²) in [4.78, 5) is 19.8. The van der Waals surface area contributed by atoms with Crippen LogP contribution in [0.15, 0.2) is 12.4 Å². The third-order valence-electron chi connectivity index (χ3n) is 2.15. The van der Waals surface area contributed by atoms with Crippen LogP contribution in [-0.2, 0) is 0 Å². The van der Waals surface area contributed by atoms with Gasteiger partial charge in [-0.25, -0.2) is 9.97 Å². The van der Waals surface area contributed by atoms with Crippen molar-refractivity contribution in [2.45, 2.75) is 39.7 Å². The molecule has 0 aliphatic rings. The van der Waals surface area contributed by atoms with Crippen LogP contribution in [-0.4, -0.2) is 28.5 Å². The molecule has 17 heavy (non-hydrogen) atoms. The van der Waals surface area contributed by atoms with E-state index < -0.39 is 0 Å². The molecule has 0 aromatic carbocycles. The number of carbonyl (C=O) groups is 1. The molecule has 0 radical (unpaired) electrons. The van der Waals surface area contributed by atoms with Crippen LogP contribution >= 0.6 is 0 Å². The van der Waals surface area contributed by atoms with Gasteiger partial charge in [0.1, 0.15) is 0 Å². The molecule has 1 aromatic rings. The summed E-state index contributed by atoms with van der Waals surface area (Å²) in [6.45, 7) is 6.80. The lowest BCUT2D eigenvalue weighted by Crippen LogP contribution is -2.24. The zero-order valence-electron chi connectivity index (χ0n) is 10.7. The topological polar surface area (TPSA) is 66.9 Å². The van der Waals surface area contributed by atoms with Crippen molar-refractivity contribution in [3.8, 4) is 0 Å². The van der Waals surface area contributed by atoms with Gasteiger partial charge in [-0.2, -0.15) is 0 Å². The maximum Gasteiger partial charge on any atom is 0.254 e. The molecular formula is C12H20N4O. The summed E-state index contributed by atoms with van der Waals surface area (Å²) in [5.74, 6) is 0.430. The van der Waals surface area contributed by atoms with Gasteiger partial charge in [0.25, 0.3) is 5.91 Å². The van der Waals surface area contributed by atoms with Crippen molar-refractivity contribution in [2.24, 2.45) is 0 Å². The minimum Gasteiger partial charge on any atom is -0.352 e. The average Bonchev–Trinajstić information content (AvgIpc) is 2.29. The van der Waals surface area contributed by atoms with E-state index in [1.54, 1.807) is 12.4 Å². The first-order valence-electron chi connectivity index (χ1n) is 6.00. The maximum absolute atomic E-state index is 11.6. The molecule has 0 aliphatic carbocycles. The fraction of sp³-hybridized carbons (Fsp3) is 0.583. The Kier molecular flexibility index (Phi) is 5.39. The van der Waals surface area contributed by atoms with E-state index in [1.807, 2.05) is 13.8 Å². The first-order valence-corrected chi connectivity index (χ1v) is 6.00. The van der Waals surface area contributed by atoms with Crippen LogP contribution < -0.4 is 10.6 Å². The van der Waals surface area contributed by atoms with Crippen LogP contribution in [0.1, 0.15) is 44.0 Å². The molecule has 0 atom stereocenters. The molecule has 1 rings (SSSR count). The van der Waals surface area contributed by atoms with Gasteiger partial charge in [0.05, 0.1) is 5.56 Å². The molecule has 2 N–H and O–H groups in total. The largest absolute Gasteiger partial charge is 0.352 e. The number of nitrogens with one attached hydrogen (secondary N) is 2. The molecule has 1 aromatic heterocycles. The highest BCUT2D eigenvalue weighted by molar-refractivity contribution is 5.93. The van der Waals surface area contributed by atoms with Crippen LogP contribution in [0.2, 0.25) is 0 Å². The predicted molar refractivity (Wildman–Crippen MR) is 68.0 cm³/mol. The van der Waals surface area contributed by atoms with Gasteiger partial charge in [-0.05, 0) is 20.3 Å². The smallest absolute Gasteiger partial charge is 0.254 e. The van der Waals surface area contributed by atoms with Gasteiger partial charge in [-0.15, -0.1) is 0 Å². The predicted octanol–water partition coefficient (Wildman–Crippen LogP) is 1.83. The summed E-state index contributed by atoms with van der Waals surface area (Å²) in [7, 11) is 0. The molecule has 1 heterocycles. The third kappa shape index (κ3) is 4.80. The summed E-state index contributed by atoms with van der Waals surface area (Å²) in [5.41, 5.74) is 0.496. The van der Waals surface area contributed by atoms with E-state index >= 15 is 0 Å². The number of amides is 1. The number of anilines is 1. The van der Waals surface area contributed by atoms with E-state index in [0.717, 1.165) is 12.8 Å². The summed E-state index contributed by atoms with van der Waals surface area (Å²) in [6, 6.07) is 0.277. The van der Waals surface area contributed by atoms with Crippen LogP contribution in [0.25, 0.3) is 0 Å². The highest BCUT2D eigenvalue weighted by Crippen LogP contribution is 2.01. The van der Waals surface area contributed by atoms with Gasteiger partial charge < -0.3 is 10.6 Å². The van der Waals surface area contributed by atoms with Crippen LogP contribution in [0, 0.1) is 0 Å². The van der Waals surface area contributed by atoms with Gasteiger partial charge in [0.2, 0.25) is 5.95 Å². The molecule has 0 spiro atoms. The molecule has 5 heteroatoms. The maximum atomic E-state index is 11.6. The standard InChI is InChI=1S/C12H20N4O/c1-4-5-6-13-11(17)10-7-14-12(15-8-10)16-9(2)3/h7-9H,4-6H2,1-3H3,(H,13,17)(H,14,15,16). The number of hydrogen-bond donors (Lipinski definition) is 2. The van der Waals surface area contributed by atoms with E-state index in [0.29, 0.717) is 18.1 Å². The second kappa shape index (κ2) is 6.83. The monoisotopic (exact) mass is 236 g/mol. The summed E-state index contributed by atoms with van der Waals surface area (Å²) < 4.78 is 0. The summed E-state index contributed by atoms with van der Waals surface area (Å²) >= 11 is 0. The van der Waals surface area contributed by atoms with Crippen LogP contribution in [0.3, 0.4) is 0 Å². The van der Waals surface area contributed by atoms with Crippen molar-refractivity contribution in [1.29, 1.82) is 0 Å². The summed E-state index contributed by atoms with van der Waals surface area (Å²) in [5, 5.41) is 5.89. The molecule has 0 saturated heterocycles. The van der Waals surface area contributed by atoms with E-state index in [1.165, 1.54) is 0 Å². The van der Waals surface area contributed by atoms with Gasteiger partial charge in [-0.1, -0.05) is 13.3 Å². The lowest BCUT2D eigenvalue weighted by molar-refractivity contribution is 0.0952. The van der Waals surface area contributed by atoms with Crippen molar-refractivity contribution in [3.05, 3.63) is 18.0 Å². The number of aromatic nitrogens is 2. The number of unbranched alkanes of at least 4 members (excludes halogenated alkanes) is 1. The van der Waals surface area contributed by atoms with Crippen molar-refractivity contribution >= 4 is 11.9 Å². The minimum atomic E-state index is -0.116. The van der Waals surface area contributed by atoms with Gasteiger partial charge in [-0.3, -0.25) is 4.79 Å². The first kappa shape index (κ1) is 13.4. The molecule has 0 unspecified atom stereocenters. The lowest BCUT2D eigenvalue weighted by Gasteiger charge is -2.08. The Hall–Kier alpha value is -1.65. The van der Waals surface area contributed by atoms with E-state index in [9.17, 15) is 4.79 Å². The zero-order valence-corrected chi connectivity index (χ0v) is 10.7. The van der Waals surface area contributed by atoms with Crippen molar-refractivity contribution in [1.82, 2.24) is 15.3 Å². The van der Waals surface area contributed by atoms with Crippen LogP contribution in [0.5, 0.6) is 0 Å². The molecule has 5 nitrogen and oxygen atoms in total. The van der Waals surface area contributed by atoms with Crippen molar-refractivity contribution < 1.29 is 4.79 Å². The molecule has 1 amide bonds. The second-order valence-electron chi connectivity index (χ2n) is 4.20. The summed E-state index contributed by atoms with van der Waals surface area (Å²) in [6.07, 6.45) is 5.13. The Balaban J connectivity index is 2.52. The van der Waals surface area contributed by atoms with E-state index in [2.05, 4.69) is 27.5 Å². The van der Waals surface area contributed by atoms with Crippen molar-refractivity contribution in [3.63, 3.8) is 0 Å². The fourth-order valence-corrected chi connectivity index (χ4v) is 1.26. The first-order chi connectivity index (χ1) is 8.13. The molecule has 94 valence electrons. The van der Waals surface area contributed by atoms with Gasteiger partial charge in [0.15, 0.2) is 0 Å². The molecule has 0 bridgehead atoms.